The Morgan fingerprint density at radius 3 is 2.83 bits per heavy atom. The van der Waals surface area contributed by atoms with Gasteiger partial charge in [-0.1, -0.05) is 5.22 Å². The minimum atomic E-state index is 0.433. The summed E-state index contributed by atoms with van der Waals surface area (Å²) >= 11 is 0. The van der Waals surface area contributed by atoms with Crippen molar-refractivity contribution < 1.29 is 0 Å². The molecule has 0 amide bonds. The summed E-state index contributed by atoms with van der Waals surface area (Å²) in [7, 11) is 0. The third-order valence-electron chi connectivity index (χ3n) is 1.47. The van der Waals surface area contributed by atoms with E-state index in [1.165, 1.54) is 0 Å². The fourth-order valence-electron chi connectivity index (χ4n) is 0.830. The lowest BCUT2D eigenvalue weighted by Crippen LogP contribution is -1.76. The van der Waals surface area contributed by atoms with Gasteiger partial charge in [0.2, 0.25) is 5.39 Å². The molecule has 0 aliphatic carbocycles. The number of hydrogen-bond donors (Lipinski definition) is 1. The van der Waals surface area contributed by atoms with Crippen molar-refractivity contribution in [1.82, 2.24) is 0 Å². The summed E-state index contributed by atoms with van der Waals surface area (Å²) in [5.74, 6) is 4.89. The molecule has 0 atom stereocenters. The number of diazo groups is 1. The van der Waals surface area contributed by atoms with Crippen molar-refractivity contribution in [1.29, 1.82) is 5.39 Å². The van der Waals surface area contributed by atoms with E-state index in [4.69, 9.17) is 11.2 Å². The Balaban J connectivity index is 3.19. The molecule has 60 valence electrons. The normalized spacial score (nSPS) is 10.0. The first kappa shape index (κ1) is 8.14. The van der Waals surface area contributed by atoms with E-state index in [1.54, 1.807) is 18.2 Å². The van der Waals surface area contributed by atoms with E-state index < -0.39 is 0 Å². The Hall–Kier alpha value is -1.96. The standard InChI is InChI=1S/C7H8N5/c1-5-2-3-6(10-8)4-7(5)11-12-9/h2-4H,1H3,(H2,9,11)/q+1. The number of hydrogen-bond acceptors (Lipinski definition) is 3. The van der Waals surface area contributed by atoms with Crippen LogP contribution in [-0.4, -0.2) is 0 Å². The molecule has 0 fully saturated rings. The summed E-state index contributed by atoms with van der Waals surface area (Å²) in [5.41, 5.74) is 1.97. The Bertz CT molecular complexity index is 349. The maximum absolute atomic E-state index is 8.44. The summed E-state index contributed by atoms with van der Waals surface area (Å²) in [6.07, 6.45) is 0. The number of nitrogens with zero attached hydrogens (tertiary/aromatic N) is 4. The van der Waals surface area contributed by atoms with E-state index in [0.29, 0.717) is 11.4 Å². The summed E-state index contributed by atoms with van der Waals surface area (Å²) in [6.45, 7) is 1.87. The van der Waals surface area contributed by atoms with Gasteiger partial charge in [-0.15, -0.1) is 5.11 Å². The van der Waals surface area contributed by atoms with Gasteiger partial charge in [0.15, 0.2) is 4.98 Å². The molecule has 5 heteroatoms. The van der Waals surface area contributed by atoms with Crippen LogP contribution in [0.2, 0.25) is 0 Å². The Morgan fingerprint density at radius 2 is 2.25 bits per heavy atom. The van der Waals surface area contributed by atoms with Gasteiger partial charge >= 0.3 is 5.69 Å². The zero-order chi connectivity index (χ0) is 8.97. The van der Waals surface area contributed by atoms with E-state index in [2.05, 4.69) is 15.3 Å². The second-order valence-corrected chi connectivity index (χ2v) is 2.29. The number of rotatable bonds is 1. The molecular weight excluding hydrogens is 154 g/mol. The molecule has 0 saturated heterocycles. The smallest absolute Gasteiger partial charge is 0.305 e. The second-order valence-electron chi connectivity index (χ2n) is 2.29. The van der Waals surface area contributed by atoms with E-state index in [1.807, 2.05) is 6.92 Å². The lowest BCUT2D eigenvalue weighted by molar-refractivity contribution is 1.05. The Morgan fingerprint density at radius 1 is 1.50 bits per heavy atom. The van der Waals surface area contributed by atoms with Crippen LogP contribution in [0.5, 0.6) is 0 Å². The van der Waals surface area contributed by atoms with E-state index in [0.717, 1.165) is 5.56 Å². The first-order chi connectivity index (χ1) is 5.77. The third kappa shape index (κ3) is 1.55. The van der Waals surface area contributed by atoms with Gasteiger partial charge in [0.1, 0.15) is 0 Å². The van der Waals surface area contributed by atoms with Crippen LogP contribution in [-0.2, 0) is 0 Å². The maximum atomic E-state index is 8.44. The minimum Gasteiger partial charge on any atom is -0.305 e. The quantitative estimate of drug-likeness (QED) is 0.298. The highest BCUT2D eigenvalue weighted by Crippen LogP contribution is 2.24. The fraction of sp³-hybridized carbons (Fsp3) is 0.143. The molecule has 5 nitrogen and oxygen atoms in total. The van der Waals surface area contributed by atoms with Crippen LogP contribution in [0.1, 0.15) is 5.56 Å². The second kappa shape index (κ2) is 3.44. The predicted molar refractivity (Wildman–Crippen MR) is 44.6 cm³/mol. The van der Waals surface area contributed by atoms with Crippen LogP contribution < -0.4 is 5.84 Å². The highest BCUT2D eigenvalue weighted by Gasteiger charge is 2.06. The highest BCUT2D eigenvalue weighted by molar-refractivity contribution is 5.57. The predicted octanol–water partition coefficient (Wildman–Crippen LogP) is 2.44. The molecule has 1 rings (SSSR count). The molecule has 0 unspecified atom stereocenters. The number of benzene rings is 1. The molecule has 0 bridgehead atoms. The van der Waals surface area contributed by atoms with Crippen LogP contribution in [0, 0.1) is 12.3 Å². The van der Waals surface area contributed by atoms with Gasteiger partial charge in [0.25, 0.3) is 0 Å². The van der Waals surface area contributed by atoms with Gasteiger partial charge in [-0.25, -0.2) is 0 Å². The lowest BCUT2D eigenvalue weighted by atomic mass is 10.2. The zero-order valence-corrected chi connectivity index (χ0v) is 6.60. The molecule has 0 aromatic heterocycles. The van der Waals surface area contributed by atoms with Crippen molar-refractivity contribution in [3.8, 4) is 0 Å². The summed E-state index contributed by atoms with van der Waals surface area (Å²) in [5, 5.41) is 15.2. The lowest BCUT2D eigenvalue weighted by Gasteiger charge is -1.92. The maximum Gasteiger partial charge on any atom is 0.387 e. The van der Waals surface area contributed by atoms with Crippen LogP contribution in [0.3, 0.4) is 0 Å². The molecule has 1 aromatic carbocycles. The SMILES string of the molecule is Cc1ccc([N+]#N)cc1N=NN. The van der Waals surface area contributed by atoms with E-state index in [-0.39, 0.29) is 0 Å². The van der Waals surface area contributed by atoms with E-state index in [9.17, 15) is 0 Å². The zero-order valence-electron chi connectivity index (χ0n) is 6.60. The summed E-state index contributed by atoms with van der Waals surface area (Å²) in [4.78, 5) is 3.01. The molecular formula is C7H8N5+. The first-order valence-corrected chi connectivity index (χ1v) is 3.34. The van der Waals surface area contributed by atoms with Gasteiger partial charge in [-0.3, -0.25) is 0 Å². The van der Waals surface area contributed by atoms with Crippen molar-refractivity contribution in [2.24, 2.45) is 16.2 Å². The largest absolute Gasteiger partial charge is 0.387 e. The first-order valence-electron chi connectivity index (χ1n) is 3.34. The van der Waals surface area contributed by atoms with Crippen molar-refractivity contribution in [3.63, 3.8) is 0 Å². The molecule has 0 aliphatic rings. The van der Waals surface area contributed by atoms with Crippen molar-refractivity contribution >= 4 is 11.4 Å². The summed E-state index contributed by atoms with van der Waals surface area (Å²) in [6, 6.07) is 5.04. The average Bonchev–Trinajstić information content (AvgIpc) is 2.09. The van der Waals surface area contributed by atoms with Gasteiger partial charge in [0.05, 0.1) is 11.8 Å². The molecule has 12 heavy (non-hydrogen) atoms. The molecule has 0 saturated carbocycles. The van der Waals surface area contributed by atoms with Crippen LogP contribution in [0.15, 0.2) is 28.5 Å². The highest BCUT2D eigenvalue weighted by atomic mass is 15.3. The molecule has 0 aliphatic heterocycles. The van der Waals surface area contributed by atoms with Gasteiger partial charge in [-0.05, 0) is 18.6 Å². The molecule has 0 spiro atoms. The monoisotopic (exact) mass is 162 g/mol. The molecule has 1 aromatic rings. The fourth-order valence-corrected chi connectivity index (χ4v) is 0.830. The van der Waals surface area contributed by atoms with Crippen LogP contribution >= 0.6 is 0 Å². The third-order valence-corrected chi connectivity index (χ3v) is 1.47. The number of nitrogens with two attached hydrogens (primary N) is 1. The van der Waals surface area contributed by atoms with Crippen molar-refractivity contribution in [2.75, 3.05) is 0 Å². The van der Waals surface area contributed by atoms with Gasteiger partial charge in [-0.2, -0.15) is 0 Å². The summed E-state index contributed by atoms with van der Waals surface area (Å²) < 4.78 is 0. The van der Waals surface area contributed by atoms with Gasteiger partial charge in [0, 0.05) is 6.07 Å². The Kier molecular flexibility index (Phi) is 2.33. The van der Waals surface area contributed by atoms with Gasteiger partial charge < -0.3 is 5.84 Å². The van der Waals surface area contributed by atoms with Crippen LogP contribution in [0.25, 0.3) is 4.98 Å². The van der Waals surface area contributed by atoms with Crippen molar-refractivity contribution in [3.05, 3.63) is 28.7 Å². The van der Waals surface area contributed by atoms with E-state index >= 15 is 0 Å². The molecule has 2 N–H and O–H groups in total. The number of aryl methyl sites for hydroxylation is 1. The topological polar surface area (TPSA) is 78.9 Å². The van der Waals surface area contributed by atoms with Crippen LogP contribution in [0.4, 0.5) is 11.4 Å². The molecule has 0 radical (unpaired) electrons. The van der Waals surface area contributed by atoms with Crippen molar-refractivity contribution in [2.45, 2.75) is 6.92 Å². The minimum absolute atomic E-state index is 0.433. The molecule has 0 heterocycles. The average molecular weight is 162 g/mol. The Labute approximate surface area is 69.5 Å².